The van der Waals surface area contributed by atoms with E-state index in [0.29, 0.717) is 5.69 Å². The van der Waals surface area contributed by atoms with Gasteiger partial charge in [0.05, 0.1) is 10.6 Å². The van der Waals surface area contributed by atoms with E-state index in [0.717, 1.165) is 19.2 Å². The fourth-order valence-corrected chi connectivity index (χ4v) is 4.22. The molecule has 0 aliphatic heterocycles. The summed E-state index contributed by atoms with van der Waals surface area (Å²) in [5.41, 5.74) is 2.62. The van der Waals surface area contributed by atoms with Crippen LogP contribution in [0.25, 0.3) is 0 Å². The minimum absolute atomic E-state index is 0.263. The second-order valence-corrected chi connectivity index (χ2v) is 8.07. The van der Waals surface area contributed by atoms with Crippen molar-refractivity contribution in [3.63, 3.8) is 0 Å². The van der Waals surface area contributed by atoms with Crippen LogP contribution in [-0.2, 0) is 10.0 Å². The van der Waals surface area contributed by atoms with E-state index in [4.69, 9.17) is 0 Å². The van der Waals surface area contributed by atoms with E-state index in [1.807, 2.05) is 19.9 Å². The van der Waals surface area contributed by atoms with Crippen LogP contribution in [0.1, 0.15) is 11.1 Å². The van der Waals surface area contributed by atoms with E-state index in [9.17, 15) is 8.42 Å². The van der Waals surface area contributed by atoms with E-state index in [2.05, 4.69) is 43.2 Å². The quantitative estimate of drug-likeness (QED) is 0.679. The molecular weight excluding hydrogens is 453 g/mol. The molecule has 2 rings (SSSR count). The molecule has 0 aliphatic rings. The van der Waals surface area contributed by atoms with Gasteiger partial charge in [-0.15, -0.1) is 0 Å². The molecule has 1 N–H and O–H groups in total. The number of anilines is 1. The van der Waals surface area contributed by atoms with Crippen LogP contribution < -0.4 is 4.72 Å². The minimum atomic E-state index is -3.55. The zero-order valence-electron chi connectivity index (χ0n) is 10.9. The molecule has 0 amide bonds. The van der Waals surface area contributed by atoms with Gasteiger partial charge in [-0.3, -0.25) is 4.72 Å². The van der Waals surface area contributed by atoms with Crippen molar-refractivity contribution >= 4 is 54.2 Å². The van der Waals surface area contributed by atoms with Gasteiger partial charge in [0.1, 0.15) is 0 Å². The second kappa shape index (κ2) is 6.03. The molecule has 0 saturated heterocycles. The molecule has 3 nitrogen and oxygen atoms in total. The van der Waals surface area contributed by atoms with E-state index in [1.54, 1.807) is 30.3 Å². The summed E-state index contributed by atoms with van der Waals surface area (Å²) in [4.78, 5) is 0.263. The van der Waals surface area contributed by atoms with Crippen LogP contribution in [0.3, 0.4) is 0 Å². The lowest BCUT2D eigenvalue weighted by molar-refractivity contribution is 0.601. The molecule has 0 unspecified atom stereocenters. The SMILES string of the molecule is Cc1ccc(S(=O)(=O)Nc2ccc(Br)c(C)c2I)cc1. The zero-order valence-corrected chi connectivity index (χ0v) is 15.5. The average Bonchev–Trinajstić information content (AvgIpc) is 2.40. The predicted molar refractivity (Wildman–Crippen MR) is 93.6 cm³/mol. The summed E-state index contributed by atoms with van der Waals surface area (Å²) in [6.07, 6.45) is 0. The largest absolute Gasteiger partial charge is 0.279 e. The van der Waals surface area contributed by atoms with Gasteiger partial charge in [0.15, 0.2) is 0 Å². The molecule has 6 heteroatoms. The van der Waals surface area contributed by atoms with Crippen molar-refractivity contribution in [2.24, 2.45) is 0 Å². The molecule has 0 fully saturated rings. The Morgan fingerprint density at radius 3 is 2.25 bits per heavy atom. The van der Waals surface area contributed by atoms with Gasteiger partial charge in [-0.2, -0.15) is 0 Å². The monoisotopic (exact) mass is 465 g/mol. The molecule has 0 atom stereocenters. The van der Waals surface area contributed by atoms with Crippen molar-refractivity contribution in [2.75, 3.05) is 4.72 Å². The maximum Gasteiger partial charge on any atom is 0.261 e. The molecule has 0 aliphatic carbocycles. The zero-order chi connectivity index (χ0) is 14.9. The van der Waals surface area contributed by atoms with Gasteiger partial charge in [0, 0.05) is 8.04 Å². The number of nitrogens with one attached hydrogen (secondary N) is 1. The number of hydrogen-bond donors (Lipinski definition) is 1. The molecule has 0 heterocycles. The van der Waals surface area contributed by atoms with Crippen LogP contribution in [0.5, 0.6) is 0 Å². The van der Waals surface area contributed by atoms with E-state index >= 15 is 0 Å². The number of rotatable bonds is 3. The first kappa shape index (κ1) is 15.8. The Morgan fingerprint density at radius 2 is 1.65 bits per heavy atom. The summed E-state index contributed by atoms with van der Waals surface area (Å²) in [5.74, 6) is 0. The predicted octanol–water partition coefficient (Wildman–Crippen LogP) is 4.47. The highest BCUT2D eigenvalue weighted by Gasteiger charge is 2.16. The Hall–Kier alpha value is -0.600. The highest BCUT2D eigenvalue weighted by atomic mass is 127. The smallest absolute Gasteiger partial charge is 0.261 e. The molecule has 20 heavy (non-hydrogen) atoms. The standard InChI is InChI=1S/C14H13BrINO2S/c1-9-3-5-11(6-4-9)20(18,19)17-13-8-7-12(15)10(2)14(13)16/h3-8,17H,1-2H3. The first-order valence-electron chi connectivity index (χ1n) is 5.85. The van der Waals surface area contributed by atoms with Gasteiger partial charge in [0.2, 0.25) is 0 Å². The summed E-state index contributed by atoms with van der Waals surface area (Å²) in [7, 11) is -3.55. The molecule has 0 spiro atoms. The number of sulfonamides is 1. The number of aryl methyl sites for hydroxylation is 1. The van der Waals surface area contributed by atoms with E-state index in [1.165, 1.54) is 0 Å². The topological polar surface area (TPSA) is 46.2 Å². The maximum atomic E-state index is 12.3. The molecule has 0 aromatic heterocycles. The Labute approximate surface area is 141 Å². The van der Waals surface area contributed by atoms with Crippen molar-refractivity contribution < 1.29 is 8.42 Å². The molecule has 106 valence electrons. The van der Waals surface area contributed by atoms with Crippen LogP contribution in [-0.4, -0.2) is 8.42 Å². The second-order valence-electron chi connectivity index (χ2n) is 4.45. The van der Waals surface area contributed by atoms with Gasteiger partial charge in [-0.1, -0.05) is 33.6 Å². The first-order valence-corrected chi connectivity index (χ1v) is 9.21. The molecule has 2 aromatic carbocycles. The molecular formula is C14H13BrINO2S. The van der Waals surface area contributed by atoms with Crippen LogP contribution in [0.4, 0.5) is 5.69 Å². The van der Waals surface area contributed by atoms with Crippen LogP contribution >= 0.6 is 38.5 Å². The van der Waals surface area contributed by atoms with Gasteiger partial charge >= 0.3 is 0 Å². The fourth-order valence-electron chi connectivity index (χ4n) is 1.66. The van der Waals surface area contributed by atoms with Gasteiger partial charge in [-0.25, -0.2) is 8.42 Å². The van der Waals surface area contributed by atoms with E-state index in [-0.39, 0.29) is 4.90 Å². The summed E-state index contributed by atoms with van der Waals surface area (Å²) in [6.45, 7) is 3.86. The molecule has 0 bridgehead atoms. The molecule has 0 saturated carbocycles. The number of benzene rings is 2. The Bertz CT molecular complexity index is 743. The van der Waals surface area contributed by atoms with Crippen LogP contribution in [0.15, 0.2) is 45.8 Å². The Balaban J connectivity index is 2.38. The summed E-state index contributed by atoms with van der Waals surface area (Å²) in [6, 6.07) is 10.4. The lowest BCUT2D eigenvalue weighted by Gasteiger charge is -2.12. The maximum absolute atomic E-state index is 12.3. The molecule has 0 radical (unpaired) electrons. The fraction of sp³-hybridized carbons (Fsp3) is 0.143. The number of halogens is 2. The first-order chi connectivity index (χ1) is 9.31. The third-order valence-electron chi connectivity index (χ3n) is 2.90. The van der Waals surface area contributed by atoms with Gasteiger partial charge in [0.25, 0.3) is 10.0 Å². The lowest BCUT2D eigenvalue weighted by Crippen LogP contribution is -2.14. The van der Waals surface area contributed by atoms with Crippen molar-refractivity contribution in [1.29, 1.82) is 0 Å². The van der Waals surface area contributed by atoms with Crippen molar-refractivity contribution in [3.05, 3.63) is 55.6 Å². The average molecular weight is 466 g/mol. The lowest BCUT2D eigenvalue weighted by atomic mass is 10.2. The minimum Gasteiger partial charge on any atom is -0.279 e. The van der Waals surface area contributed by atoms with Crippen LogP contribution in [0, 0.1) is 17.4 Å². The highest BCUT2D eigenvalue weighted by molar-refractivity contribution is 14.1. The summed E-state index contributed by atoms with van der Waals surface area (Å²) >= 11 is 5.57. The third-order valence-corrected chi connectivity index (χ3v) is 6.53. The van der Waals surface area contributed by atoms with Crippen molar-refractivity contribution in [2.45, 2.75) is 18.7 Å². The van der Waals surface area contributed by atoms with Crippen LogP contribution in [0.2, 0.25) is 0 Å². The van der Waals surface area contributed by atoms with Gasteiger partial charge < -0.3 is 0 Å². The normalized spacial score (nSPS) is 11.4. The summed E-state index contributed by atoms with van der Waals surface area (Å²) in [5, 5.41) is 0. The Kier molecular flexibility index (Phi) is 4.76. The van der Waals surface area contributed by atoms with Gasteiger partial charge in [-0.05, 0) is 66.3 Å². The Morgan fingerprint density at radius 1 is 1.05 bits per heavy atom. The highest BCUT2D eigenvalue weighted by Crippen LogP contribution is 2.29. The van der Waals surface area contributed by atoms with E-state index < -0.39 is 10.0 Å². The molecule has 2 aromatic rings. The third kappa shape index (κ3) is 3.35. The summed E-state index contributed by atoms with van der Waals surface area (Å²) < 4.78 is 29.1. The van der Waals surface area contributed by atoms with Crippen molar-refractivity contribution in [3.8, 4) is 0 Å². The number of hydrogen-bond acceptors (Lipinski definition) is 2. The van der Waals surface area contributed by atoms with Crippen molar-refractivity contribution in [1.82, 2.24) is 0 Å².